The van der Waals surface area contributed by atoms with Gasteiger partial charge in [-0.15, -0.1) is 0 Å². The van der Waals surface area contributed by atoms with Crippen molar-refractivity contribution in [1.29, 1.82) is 0 Å². The third-order valence-electron chi connectivity index (χ3n) is 2.43. The van der Waals surface area contributed by atoms with Gasteiger partial charge in [-0.25, -0.2) is 4.79 Å². The van der Waals surface area contributed by atoms with Gasteiger partial charge in [0.2, 0.25) is 0 Å². The summed E-state index contributed by atoms with van der Waals surface area (Å²) >= 11 is 0. The average Bonchev–Trinajstić information content (AvgIpc) is 2.07. The van der Waals surface area contributed by atoms with E-state index >= 15 is 0 Å². The average molecular weight is 243 g/mol. The molecule has 0 aliphatic carbocycles. The minimum atomic E-state index is -0.464. The maximum atomic E-state index is 11.6. The number of hydrogen-bond donors (Lipinski definition) is 0. The third-order valence-corrected chi connectivity index (χ3v) is 2.43. The van der Waals surface area contributed by atoms with E-state index in [-0.39, 0.29) is 24.4 Å². The first-order valence-corrected chi connectivity index (χ1v) is 5.80. The van der Waals surface area contributed by atoms with Crippen LogP contribution in [0.4, 0.5) is 4.79 Å². The highest BCUT2D eigenvalue weighted by atomic mass is 16.6. The molecule has 5 nitrogen and oxygen atoms in total. The molecule has 0 N–H and O–H groups in total. The molecule has 0 saturated carbocycles. The molecule has 0 bridgehead atoms. The summed E-state index contributed by atoms with van der Waals surface area (Å²) in [6, 6.07) is 0. The van der Waals surface area contributed by atoms with Gasteiger partial charge in [0.25, 0.3) is 0 Å². The predicted molar refractivity (Wildman–Crippen MR) is 62.8 cm³/mol. The van der Waals surface area contributed by atoms with Crippen LogP contribution in [0.25, 0.3) is 0 Å². The van der Waals surface area contributed by atoms with Gasteiger partial charge >= 0.3 is 6.09 Å². The fourth-order valence-electron chi connectivity index (χ4n) is 1.72. The summed E-state index contributed by atoms with van der Waals surface area (Å²) in [4.78, 5) is 24.5. The Morgan fingerprint density at radius 2 is 1.88 bits per heavy atom. The fraction of sp³-hybridized carbons (Fsp3) is 0.833. The van der Waals surface area contributed by atoms with Crippen molar-refractivity contribution in [2.75, 3.05) is 26.8 Å². The van der Waals surface area contributed by atoms with Crippen LogP contribution >= 0.6 is 0 Å². The van der Waals surface area contributed by atoms with Crippen LogP contribution in [-0.4, -0.2) is 49.2 Å². The number of hydrogen-bond acceptors (Lipinski definition) is 4. The number of ether oxygens (including phenoxy) is 2. The van der Waals surface area contributed by atoms with Crippen molar-refractivity contribution >= 4 is 11.9 Å². The summed E-state index contributed by atoms with van der Waals surface area (Å²) in [5, 5.41) is 0. The molecule has 98 valence electrons. The van der Waals surface area contributed by atoms with Crippen molar-refractivity contribution in [2.45, 2.75) is 32.8 Å². The monoisotopic (exact) mass is 243 g/mol. The number of carbonyl (C=O) groups excluding carboxylic acids is 2. The molecule has 0 radical (unpaired) electrons. The van der Waals surface area contributed by atoms with Gasteiger partial charge in [-0.3, -0.25) is 4.79 Å². The van der Waals surface area contributed by atoms with E-state index in [0.717, 1.165) is 0 Å². The third kappa shape index (κ3) is 4.73. The SMILES string of the molecule is COCC(=O)CC1CN(C(=O)OC(C)(C)C)C1. The van der Waals surface area contributed by atoms with E-state index in [0.29, 0.717) is 19.5 Å². The molecule has 1 saturated heterocycles. The number of carbonyl (C=O) groups is 2. The Kier molecular flexibility index (Phi) is 4.51. The lowest BCUT2D eigenvalue weighted by atomic mass is 9.95. The number of rotatable bonds is 4. The molecule has 0 aromatic rings. The van der Waals surface area contributed by atoms with E-state index in [2.05, 4.69) is 0 Å². The maximum absolute atomic E-state index is 11.6. The van der Waals surface area contributed by atoms with Crippen LogP contribution in [0.3, 0.4) is 0 Å². The molecular weight excluding hydrogens is 222 g/mol. The quantitative estimate of drug-likeness (QED) is 0.750. The number of amides is 1. The molecule has 0 atom stereocenters. The second-order valence-corrected chi connectivity index (χ2v) is 5.43. The summed E-state index contributed by atoms with van der Waals surface area (Å²) < 4.78 is 9.98. The molecule has 1 heterocycles. The maximum Gasteiger partial charge on any atom is 0.410 e. The van der Waals surface area contributed by atoms with Crippen LogP contribution in [-0.2, 0) is 14.3 Å². The van der Waals surface area contributed by atoms with Crippen molar-refractivity contribution in [2.24, 2.45) is 5.92 Å². The highest BCUT2D eigenvalue weighted by Crippen LogP contribution is 2.22. The Balaban J connectivity index is 2.23. The summed E-state index contributed by atoms with van der Waals surface area (Å²) in [6.45, 7) is 6.87. The van der Waals surface area contributed by atoms with Crippen LogP contribution in [0, 0.1) is 5.92 Å². The second kappa shape index (κ2) is 5.49. The summed E-state index contributed by atoms with van der Waals surface area (Å²) in [5.74, 6) is 0.339. The van der Waals surface area contributed by atoms with E-state index in [4.69, 9.17) is 9.47 Å². The van der Waals surface area contributed by atoms with Crippen molar-refractivity contribution in [3.63, 3.8) is 0 Å². The number of Topliss-reactive ketones (excluding diaryl/α,β-unsaturated/α-hetero) is 1. The topological polar surface area (TPSA) is 55.8 Å². The first-order valence-electron chi connectivity index (χ1n) is 5.80. The van der Waals surface area contributed by atoms with Crippen molar-refractivity contribution in [1.82, 2.24) is 4.90 Å². The molecule has 1 aliphatic heterocycles. The van der Waals surface area contributed by atoms with Crippen LogP contribution in [0.15, 0.2) is 0 Å². The number of nitrogens with zero attached hydrogens (tertiary/aromatic N) is 1. The Labute approximate surface area is 102 Å². The molecule has 1 fully saturated rings. The normalized spacial score (nSPS) is 16.6. The zero-order valence-electron chi connectivity index (χ0n) is 11.0. The Hall–Kier alpha value is -1.10. The highest BCUT2D eigenvalue weighted by molar-refractivity contribution is 5.80. The van der Waals surface area contributed by atoms with Crippen molar-refractivity contribution in [3.05, 3.63) is 0 Å². The zero-order valence-corrected chi connectivity index (χ0v) is 11.0. The molecule has 1 rings (SSSR count). The molecular formula is C12H21NO4. The van der Waals surface area contributed by atoms with Gasteiger partial charge in [-0.1, -0.05) is 0 Å². The van der Waals surface area contributed by atoms with Gasteiger partial charge in [0.1, 0.15) is 12.2 Å². The predicted octanol–water partition coefficient (Wildman–Crippen LogP) is 1.46. The van der Waals surface area contributed by atoms with Gasteiger partial charge in [0.05, 0.1) is 0 Å². The van der Waals surface area contributed by atoms with E-state index in [1.165, 1.54) is 7.11 Å². The molecule has 1 aliphatic rings. The van der Waals surface area contributed by atoms with Crippen LogP contribution < -0.4 is 0 Å². The van der Waals surface area contributed by atoms with Gasteiger partial charge < -0.3 is 14.4 Å². The van der Waals surface area contributed by atoms with Crippen molar-refractivity contribution in [3.8, 4) is 0 Å². The summed E-state index contributed by atoms with van der Waals surface area (Å²) in [5.41, 5.74) is -0.464. The lowest BCUT2D eigenvalue weighted by Gasteiger charge is -2.39. The van der Waals surface area contributed by atoms with E-state index < -0.39 is 5.60 Å². The van der Waals surface area contributed by atoms with E-state index in [1.54, 1.807) is 4.90 Å². The number of ketones is 1. The molecule has 5 heteroatoms. The van der Waals surface area contributed by atoms with Gasteiger partial charge in [-0.2, -0.15) is 0 Å². The van der Waals surface area contributed by atoms with Gasteiger partial charge in [-0.05, 0) is 20.8 Å². The van der Waals surface area contributed by atoms with Crippen molar-refractivity contribution < 1.29 is 19.1 Å². The standard InChI is InChI=1S/C12H21NO4/c1-12(2,3)17-11(15)13-6-9(7-13)5-10(14)8-16-4/h9H,5-8H2,1-4H3. The lowest BCUT2D eigenvalue weighted by molar-refractivity contribution is -0.124. The minimum absolute atomic E-state index is 0.0846. The van der Waals surface area contributed by atoms with E-state index in [1.807, 2.05) is 20.8 Å². The molecule has 0 spiro atoms. The fourth-order valence-corrected chi connectivity index (χ4v) is 1.72. The van der Waals surface area contributed by atoms with Crippen LogP contribution in [0.1, 0.15) is 27.2 Å². The summed E-state index contributed by atoms with van der Waals surface area (Å²) in [6.07, 6.45) is 0.181. The largest absolute Gasteiger partial charge is 0.444 e. The molecule has 1 amide bonds. The minimum Gasteiger partial charge on any atom is -0.444 e. The number of likely N-dealkylation sites (tertiary alicyclic amines) is 1. The summed E-state index contributed by atoms with van der Waals surface area (Å²) in [7, 11) is 1.51. The molecule has 17 heavy (non-hydrogen) atoms. The Morgan fingerprint density at radius 3 is 2.35 bits per heavy atom. The molecule has 0 aromatic heterocycles. The molecule has 0 aromatic carbocycles. The zero-order chi connectivity index (χ0) is 13.1. The second-order valence-electron chi connectivity index (χ2n) is 5.43. The smallest absolute Gasteiger partial charge is 0.410 e. The Morgan fingerprint density at radius 1 is 1.29 bits per heavy atom. The van der Waals surface area contributed by atoms with Crippen LogP contribution in [0.2, 0.25) is 0 Å². The number of methoxy groups -OCH3 is 1. The first-order chi connectivity index (χ1) is 7.81. The van der Waals surface area contributed by atoms with E-state index in [9.17, 15) is 9.59 Å². The van der Waals surface area contributed by atoms with Gasteiger partial charge in [0, 0.05) is 32.5 Å². The first kappa shape index (κ1) is 14.0. The van der Waals surface area contributed by atoms with Gasteiger partial charge in [0.15, 0.2) is 5.78 Å². The van der Waals surface area contributed by atoms with Crippen LogP contribution in [0.5, 0.6) is 0 Å². The molecule has 0 unspecified atom stereocenters. The highest BCUT2D eigenvalue weighted by Gasteiger charge is 2.34. The Bertz CT molecular complexity index is 289. The lowest BCUT2D eigenvalue weighted by Crippen LogP contribution is -2.52.